The van der Waals surface area contributed by atoms with Crippen LogP contribution in [-0.4, -0.2) is 34.8 Å². The van der Waals surface area contributed by atoms with Crippen LogP contribution in [0.4, 0.5) is 0 Å². The van der Waals surface area contributed by atoms with Gasteiger partial charge in [0, 0.05) is 31.7 Å². The number of halogens is 1. The smallest absolute Gasteiger partial charge is 0.220 e. The molecule has 27 heavy (non-hydrogen) atoms. The van der Waals surface area contributed by atoms with E-state index in [1.807, 2.05) is 47.4 Å². The molecule has 6 heteroatoms. The first-order valence-corrected chi connectivity index (χ1v) is 9.90. The Kier molecular flexibility index (Phi) is 9.36. The Morgan fingerprint density at radius 2 is 1.81 bits per heavy atom. The number of carbonyl (C=O) groups is 1. The van der Waals surface area contributed by atoms with Gasteiger partial charge < -0.3 is 10.6 Å². The van der Waals surface area contributed by atoms with Crippen LogP contribution in [0.5, 0.6) is 0 Å². The van der Waals surface area contributed by atoms with Crippen LogP contribution in [0.15, 0.2) is 42.7 Å². The van der Waals surface area contributed by atoms with Gasteiger partial charge in [0.1, 0.15) is 0 Å². The van der Waals surface area contributed by atoms with E-state index >= 15 is 0 Å². The lowest BCUT2D eigenvalue weighted by molar-refractivity contribution is -0.121. The first-order valence-electron chi connectivity index (χ1n) is 9.90. The molecule has 0 atom stereocenters. The minimum Gasteiger partial charge on any atom is -0.355 e. The molecule has 3 rings (SSSR count). The normalized spacial score (nSPS) is 15.0. The molecule has 1 aliphatic rings. The Labute approximate surface area is 168 Å². The molecule has 1 heterocycles. The van der Waals surface area contributed by atoms with Gasteiger partial charge in [-0.2, -0.15) is 5.10 Å². The molecular weight excluding hydrogens is 360 g/mol. The van der Waals surface area contributed by atoms with E-state index < -0.39 is 0 Å². The Morgan fingerprint density at radius 3 is 2.56 bits per heavy atom. The zero-order chi connectivity index (χ0) is 18.0. The molecule has 0 spiro atoms. The molecule has 0 radical (unpaired) electrons. The SMILES string of the molecule is Cl.O=C(CCc1cnn(-c2ccccc2)c1)NCCNC1CCCCCC1. The number of amides is 1. The molecule has 2 N–H and O–H groups in total. The number of hydrogen-bond donors (Lipinski definition) is 2. The number of benzene rings is 1. The van der Waals surface area contributed by atoms with Crippen LogP contribution in [0, 0.1) is 0 Å². The van der Waals surface area contributed by atoms with Crippen LogP contribution in [0.2, 0.25) is 0 Å². The Hall–Kier alpha value is -1.85. The zero-order valence-corrected chi connectivity index (χ0v) is 16.7. The second-order valence-electron chi connectivity index (χ2n) is 7.12. The first kappa shape index (κ1) is 21.5. The maximum Gasteiger partial charge on any atom is 0.220 e. The van der Waals surface area contributed by atoms with Gasteiger partial charge in [0.15, 0.2) is 0 Å². The fourth-order valence-electron chi connectivity index (χ4n) is 3.52. The summed E-state index contributed by atoms with van der Waals surface area (Å²) in [4.78, 5) is 12.0. The highest BCUT2D eigenvalue weighted by atomic mass is 35.5. The summed E-state index contributed by atoms with van der Waals surface area (Å²) in [6.45, 7) is 1.57. The van der Waals surface area contributed by atoms with E-state index in [0.29, 0.717) is 25.4 Å². The molecule has 1 fully saturated rings. The molecule has 5 nitrogen and oxygen atoms in total. The lowest BCUT2D eigenvalue weighted by Crippen LogP contribution is -2.36. The standard InChI is InChI=1S/C21H30N4O.ClH/c26-21(23-15-14-22-19-8-4-1-2-5-9-19)13-12-18-16-24-25(17-18)20-10-6-3-7-11-20;/h3,6-7,10-11,16-17,19,22H,1-2,4-5,8-9,12-15H2,(H,23,26);1H. The van der Waals surface area contributed by atoms with Gasteiger partial charge in [-0.3, -0.25) is 4.79 Å². The Balaban J connectivity index is 0.00000261. The topological polar surface area (TPSA) is 59.0 Å². The van der Waals surface area contributed by atoms with Crippen LogP contribution >= 0.6 is 12.4 Å². The monoisotopic (exact) mass is 390 g/mol. The van der Waals surface area contributed by atoms with Crippen LogP contribution in [0.3, 0.4) is 0 Å². The molecule has 0 unspecified atom stereocenters. The molecule has 1 aromatic carbocycles. The largest absolute Gasteiger partial charge is 0.355 e. The third-order valence-electron chi connectivity index (χ3n) is 5.03. The van der Waals surface area contributed by atoms with Crippen molar-refractivity contribution in [3.8, 4) is 5.69 Å². The number of aryl methyl sites for hydroxylation is 1. The molecule has 1 amide bonds. The lowest BCUT2D eigenvalue weighted by atomic mass is 10.1. The summed E-state index contributed by atoms with van der Waals surface area (Å²) in [7, 11) is 0. The summed E-state index contributed by atoms with van der Waals surface area (Å²) in [5.74, 6) is 0.111. The third-order valence-corrected chi connectivity index (χ3v) is 5.03. The summed E-state index contributed by atoms with van der Waals surface area (Å²) in [6, 6.07) is 10.7. The van der Waals surface area contributed by atoms with E-state index in [4.69, 9.17) is 0 Å². The van der Waals surface area contributed by atoms with Crippen LogP contribution < -0.4 is 10.6 Å². The second kappa shape index (κ2) is 11.8. The lowest BCUT2D eigenvalue weighted by Gasteiger charge is -2.16. The van der Waals surface area contributed by atoms with Crippen molar-refractivity contribution < 1.29 is 4.79 Å². The highest BCUT2D eigenvalue weighted by Gasteiger charge is 2.11. The van der Waals surface area contributed by atoms with Crippen LogP contribution in [0.25, 0.3) is 5.69 Å². The van der Waals surface area contributed by atoms with Crippen molar-refractivity contribution in [1.82, 2.24) is 20.4 Å². The van der Waals surface area contributed by atoms with Gasteiger partial charge in [0.25, 0.3) is 0 Å². The fourth-order valence-corrected chi connectivity index (χ4v) is 3.52. The average molecular weight is 391 g/mol. The predicted octanol–water partition coefficient (Wildman–Crippen LogP) is 3.66. The van der Waals surface area contributed by atoms with E-state index in [2.05, 4.69) is 15.7 Å². The zero-order valence-electron chi connectivity index (χ0n) is 15.9. The number of aromatic nitrogens is 2. The molecule has 0 bridgehead atoms. The Morgan fingerprint density at radius 1 is 1.07 bits per heavy atom. The van der Waals surface area contributed by atoms with E-state index in [1.54, 1.807) is 0 Å². The van der Waals surface area contributed by atoms with Gasteiger partial charge in [0.05, 0.1) is 11.9 Å². The van der Waals surface area contributed by atoms with E-state index in [9.17, 15) is 4.79 Å². The molecular formula is C21H31ClN4O. The van der Waals surface area contributed by atoms with Crippen molar-refractivity contribution in [2.45, 2.75) is 57.4 Å². The number of nitrogens with one attached hydrogen (secondary N) is 2. The van der Waals surface area contributed by atoms with Gasteiger partial charge in [-0.25, -0.2) is 4.68 Å². The fraction of sp³-hybridized carbons (Fsp3) is 0.524. The highest BCUT2D eigenvalue weighted by Crippen LogP contribution is 2.16. The van der Waals surface area contributed by atoms with Gasteiger partial charge in [-0.15, -0.1) is 12.4 Å². The summed E-state index contributed by atoms with van der Waals surface area (Å²) < 4.78 is 1.85. The van der Waals surface area contributed by atoms with Gasteiger partial charge in [-0.1, -0.05) is 43.9 Å². The van der Waals surface area contributed by atoms with E-state index in [1.165, 1.54) is 38.5 Å². The van der Waals surface area contributed by atoms with Gasteiger partial charge in [0.2, 0.25) is 5.91 Å². The second-order valence-corrected chi connectivity index (χ2v) is 7.12. The van der Waals surface area contributed by atoms with Gasteiger partial charge in [-0.05, 0) is 37.0 Å². The van der Waals surface area contributed by atoms with Crippen molar-refractivity contribution in [3.63, 3.8) is 0 Å². The maximum absolute atomic E-state index is 12.0. The molecule has 0 aliphatic heterocycles. The van der Waals surface area contributed by atoms with Gasteiger partial charge >= 0.3 is 0 Å². The minimum absolute atomic E-state index is 0. The Bertz CT molecular complexity index is 666. The first-order chi connectivity index (χ1) is 12.8. The summed E-state index contributed by atoms with van der Waals surface area (Å²) in [5.41, 5.74) is 2.12. The molecule has 1 aromatic heterocycles. The molecule has 148 valence electrons. The van der Waals surface area contributed by atoms with Crippen molar-refractivity contribution in [2.24, 2.45) is 0 Å². The average Bonchev–Trinajstić information content (AvgIpc) is 3.00. The molecule has 1 aliphatic carbocycles. The molecule has 1 saturated carbocycles. The van der Waals surface area contributed by atoms with E-state index in [-0.39, 0.29) is 18.3 Å². The number of carbonyl (C=O) groups excluding carboxylic acids is 1. The number of rotatable bonds is 8. The molecule has 0 saturated heterocycles. The summed E-state index contributed by atoms with van der Waals surface area (Å²) in [5, 5.41) is 11.0. The van der Waals surface area contributed by atoms with E-state index in [0.717, 1.165) is 17.8 Å². The minimum atomic E-state index is 0. The van der Waals surface area contributed by atoms with Crippen molar-refractivity contribution >= 4 is 18.3 Å². The molecule has 2 aromatic rings. The van der Waals surface area contributed by atoms with Crippen LogP contribution in [0.1, 0.15) is 50.5 Å². The number of nitrogens with zero attached hydrogens (tertiary/aromatic N) is 2. The quantitative estimate of drug-likeness (QED) is 0.534. The van der Waals surface area contributed by atoms with Crippen molar-refractivity contribution in [1.29, 1.82) is 0 Å². The summed E-state index contributed by atoms with van der Waals surface area (Å²) in [6.07, 6.45) is 13.0. The highest BCUT2D eigenvalue weighted by molar-refractivity contribution is 5.85. The summed E-state index contributed by atoms with van der Waals surface area (Å²) >= 11 is 0. The predicted molar refractivity (Wildman–Crippen MR) is 112 cm³/mol. The van der Waals surface area contributed by atoms with Crippen molar-refractivity contribution in [3.05, 3.63) is 48.3 Å². The maximum atomic E-state index is 12.0. The number of hydrogen-bond acceptors (Lipinski definition) is 3. The van der Waals surface area contributed by atoms with Crippen LogP contribution in [-0.2, 0) is 11.2 Å². The third kappa shape index (κ3) is 7.35. The van der Waals surface area contributed by atoms with Crippen molar-refractivity contribution in [2.75, 3.05) is 13.1 Å². The number of para-hydroxylation sites is 1.